The molecule has 1 saturated heterocycles. The number of nitrogens with zero attached hydrogens (tertiary/aromatic N) is 5. The summed E-state index contributed by atoms with van der Waals surface area (Å²) >= 11 is 0.796. The number of carbonyl (C=O) groups is 2. The molecule has 1 N–H and O–H groups in total. The fourth-order valence-electron chi connectivity index (χ4n) is 4.13. The second-order valence-electron chi connectivity index (χ2n) is 9.48. The van der Waals surface area contributed by atoms with Crippen molar-refractivity contribution in [3.05, 3.63) is 89.8 Å². The highest BCUT2D eigenvalue weighted by Gasteiger charge is 2.33. The van der Waals surface area contributed by atoms with Crippen LogP contribution in [0.3, 0.4) is 0 Å². The van der Waals surface area contributed by atoms with Gasteiger partial charge >= 0.3 is 18.4 Å². The molecule has 0 aliphatic carbocycles. The van der Waals surface area contributed by atoms with Crippen LogP contribution in [0, 0.1) is 11.6 Å². The second kappa shape index (κ2) is 12.9. The molecular weight excluding hydrogens is 652 g/mol. The first kappa shape index (κ1) is 32.6. The molecule has 0 radical (unpaired) electrons. The number of ether oxygens (including phenoxy) is 1. The number of rotatable bonds is 7. The summed E-state index contributed by atoms with van der Waals surface area (Å²) in [5.74, 6) is -2.54. The maximum absolute atomic E-state index is 15.0. The van der Waals surface area contributed by atoms with Gasteiger partial charge in [-0.25, -0.2) is 23.2 Å². The van der Waals surface area contributed by atoms with Gasteiger partial charge in [0.15, 0.2) is 11.0 Å². The first-order valence-corrected chi connectivity index (χ1v) is 13.8. The van der Waals surface area contributed by atoms with Crippen molar-refractivity contribution >= 4 is 40.2 Å². The Morgan fingerprint density at radius 3 is 2.41 bits per heavy atom. The van der Waals surface area contributed by atoms with E-state index in [9.17, 15) is 44.7 Å². The van der Waals surface area contributed by atoms with E-state index >= 15 is 0 Å². The Balaban J connectivity index is 1.30. The van der Waals surface area contributed by atoms with Crippen LogP contribution < -0.4 is 10.2 Å². The molecule has 5 rings (SSSR count). The van der Waals surface area contributed by atoms with Crippen LogP contribution in [0.4, 0.5) is 51.3 Å². The Labute approximate surface area is 257 Å². The van der Waals surface area contributed by atoms with Crippen LogP contribution >= 0.6 is 11.8 Å². The Morgan fingerprint density at radius 2 is 1.74 bits per heavy atom. The molecule has 46 heavy (non-hydrogen) atoms. The summed E-state index contributed by atoms with van der Waals surface area (Å²) in [7, 11) is 0. The minimum absolute atomic E-state index is 0.0193. The van der Waals surface area contributed by atoms with Crippen molar-refractivity contribution in [3.8, 4) is 17.1 Å². The number of hydrogen-bond donors (Lipinski definition) is 1. The molecule has 3 amide bonds. The summed E-state index contributed by atoms with van der Waals surface area (Å²) in [6.45, 7) is -2.21. The van der Waals surface area contributed by atoms with Gasteiger partial charge in [0.25, 0.3) is 0 Å². The average Bonchev–Trinajstić information content (AvgIpc) is 3.61. The number of alkyl halides is 6. The molecular formula is C28H18F8N6O3S. The molecule has 0 atom stereocenters. The molecule has 0 spiro atoms. The quantitative estimate of drug-likeness (QED) is 0.213. The van der Waals surface area contributed by atoms with E-state index in [1.807, 2.05) is 0 Å². The molecule has 1 aromatic heterocycles. The molecule has 1 aliphatic heterocycles. The lowest BCUT2D eigenvalue weighted by atomic mass is 10.1. The van der Waals surface area contributed by atoms with Crippen molar-refractivity contribution in [2.75, 3.05) is 22.6 Å². The van der Waals surface area contributed by atoms with E-state index in [4.69, 9.17) is 0 Å². The van der Waals surface area contributed by atoms with Crippen LogP contribution in [0.5, 0.6) is 0 Å². The second-order valence-corrected chi connectivity index (χ2v) is 10.4. The van der Waals surface area contributed by atoms with Crippen LogP contribution in [0.15, 0.2) is 72.0 Å². The molecule has 2 heterocycles. The van der Waals surface area contributed by atoms with Gasteiger partial charge in [0, 0.05) is 17.2 Å². The third kappa shape index (κ3) is 7.68. The van der Waals surface area contributed by atoms with Gasteiger partial charge < -0.3 is 10.1 Å². The first-order valence-electron chi connectivity index (χ1n) is 12.9. The number of anilines is 2. The van der Waals surface area contributed by atoms with Crippen LogP contribution in [0.2, 0.25) is 0 Å². The third-order valence-corrected chi connectivity index (χ3v) is 7.12. The summed E-state index contributed by atoms with van der Waals surface area (Å²) < 4.78 is 111. The average molecular weight is 671 g/mol. The van der Waals surface area contributed by atoms with E-state index in [1.165, 1.54) is 30.6 Å². The Hall–Kier alpha value is -4.84. The summed E-state index contributed by atoms with van der Waals surface area (Å²) in [6, 6.07) is 9.53. The van der Waals surface area contributed by atoms with Crippen molar-refractivity contribution in [2.24, 2.45) is 4.99 Å². The lowest BCUT2D eigenvalue weighted by Gasteiger charge is -2.20. The van der Waals surface area contributed by atoms with E-state index in [0.29, 0.717) is 0 Å². The highest BCUT2D eigenvalue weighted by atomic mass is 32.2. The van der Waals surface area contributed by atoms with Gasteiger partial charge in [-0.2, -0.15) is 31.3 Å². The molecule has 0 saturated carbocycles. The Kier molecular flexibility index (Phi) is 9.11. The van der Waals surface area contributed by atoms with Gasteiger partial charge in [-0.15, -0.1) is 5.10 Å². The van der Waals surface area contributed by atoms with Crippen molar-refractivity contribution in [1.29, 1.82) is 0 Å². The molecule has 0 unspecified atom stereocenters. The van der Waals surface area contributed by atoms with Crippen molar-refractivity contribution in [1.82, 2.24) is 14.8 Å². The minimum Gasteiger partial charge on any atom is -0.367 e. The zero-order valence-electron chi connectivity index (χ0n) is 22.9. The number of aromatic nitrogens is 3. The Morgan fingerprint density at radius 1 is 1.00 bits per heavy atom. The summed E-state index contributed by atoms with van der Waals surface area (Å²) in [6.07, 6.45) is -7.92. The summed E-state index contributed by atoms with van der Waals surface area (Å²) in [5.41, 5.74) is -0.893. The molecule has 0 bridgehead atoms. The number of amidine groups is 1. The SMILES string of the molecule is O=C(/N=C1\SCC(=O)N1c1cc(F)ccc1COCC(F)(F)F)Nc1ccc(-n2cnc(-c3ccc(C(F)(F)F)cc3)n2)cc1F. The largest absolute Gasteiger partial charge is 0.416 e. The number of carbonyl (C=O) groups excluding carboxylic acids is 2. The van der Waals surface area contributed by atoms with E-state index < -0.39 is 54.7 Å². The van der Waals surface area contributed by atoms with Gasteiger partial charge in [0.2, 0.25) is 5.91 Å². The van der Waals surface area contributed by atoms with Gasteiger partial charge in [0.1, 0.15) is 24.6 Å². The number of urea groups is 1. The number of thioether (sulfide) groups is 1. The van der Waals surface area contributed by atoms with Crippen LogP contribution in [0.1, 0.15) is 11.1 Å². The number of aliphatic imine (C=N–C) groups is 1. The zero-order valence-corrected chi connectivity index (χ0v) is 23.7. The highest BCUT2D eigenvalue weighted by Crippen LogP contribution is 2.32. The van der Waals surface area contributed by atoms with E-state index in [-0.39, 0.29) is 44.9 Å². The Bertz CT molecular complexity index is 1810. The monoisotopic (exact) mass is 670 g/mol. The minimum atomic E-state index is -4.62. The number of benzene rings is 3. The zero-order chi connectivity index (χ0) is 33.2. The van der Waals surface area contributed by atoms with Gasteiger partial charge in [0.05, 0.1) is 35.0 Å². The smallest absolute Gasteiger partial charge is 0.367 e. The lowest BCUT2D eigenvalue weighted by Crippen LogP contribution is -2.31. The van der Waals surface area contributed by atoms with Crippen LogP contribution in [-0.4, -0.2) is 50.4 Å². The lowest BCUT2D eigenvalue weighted by molar-refractivity contribution is -0.176. The predicted octanol–water partition coefficient (Wildman–Crippen LogP) is 6.98. The molecule has 18 heteroatoms. The van der Waals surface area contributed by atoms with E-state index in [0.717, 1.165) is 57.7 Å². The predicted molar refractivity (Wildman–Crippen MR) is 150 cm³/mol. The van der Waals surface area contributed by atoms with E-state index in [2.05, 4.69) is 25.1 Å². The maximum Gasteiger partial charge on any atom is 0.416 e. The molecule has 1 fully saturated rings. The van der Waals surface area contributed by atoms with Crippen molar-refractivity contribution in [3.63, 3.8) is 0 Å². The maximum atomic E-state index is 15.0. The van der Waals surface area contributed by atoms with Crippen LogP contribution in [-0.2, 0) is 22.3 Å². The van der Waals surface area contributed by atoms with Crippen molar-refractivity contribution in [2.45, 2.75) is 19.0 Å². The van der Waals surface area contributed by atoms with Crippen molar-refractivity contribution < 1.29 is 49.4 Å². The number of halogens is 8. The molecule has 4 aromatic rings. The summed E-state index contributed by atoms with van der Waals surface area (Å²) in [4.78, 5) is 34.0. The fourth-order valence-corrected chi connectivity index (χ4v) is 4.99. The first-order chi connectivity index (χ1) is 21.7. The summed E-state index contributed by atoms with van der Waals surface area (Å²) in [5, 5.41) is 6.13. The van der Waals surface area contributed by atoms with Gasteiger partial charge in [-0.3, -0.25) is 9.69 Å². The normalized spacial score (nSPS) is 14.7. The van der Waals surface area contributed by atoms with E-state index in [1.54, 1.807) is 0 Å². The van der Waals surface area contributed by atoms with Gasteiger partial charge in [-0.05, 0) is 36.4 Å². The molecule has 240 valence electrons. The molecule has 9 nitrogen and oxygen atoms in total. The third-order valence-electron chi connectivity index (χ3n) is 6.20. The molecule has 3 aromatic carbocycles. The number of nitrogens with one attached hydrogen (secondary N) is 1. The fraction of sp³-hybridized carbons (Fsp3) is 0.179. The number of hydrogen-bond acceptors (Lipinski definition) is 6. The molecule has 1 aliphatic rings. The standard InChI is InChI=1S/C28H18F8N6O3S/c29-18-6-3-16(11-45-13-27(31,32)33)22(9-18)42-23(43)12-46-26(42)39-25(44)38-21-8-7-19(10-20(21)30)41-14-37-24(40-41)15-1-4-17(5-2-15)28(34,35)36/h1-10,14H,11-13H2,(H,38,44)/b39-26-. The van der Waals surface area contributed by atoms with Crippen LogP contribution in [0.25, 0.3) is 17.1 Å². The topological polar surface area (TPSA) is 102 Å². The highest BCUT2D eigenvalue weighted by molar-refractivity contribution is 8.15. The van der Waals surface area contributed by atoms with Gasteiger partial charge in [-0.1, -0.05) is 30.0 Å². The number of amides is 3.